The smallest absolute Gasteiger partial charge is 0.333 e. The highest BCUT2D eigenvalue weighted by Crippen LogP contribution is 2.30. The Morgan fingerprint density at radius 3 is 2.34 bits per heavy atom. The highest BCUT2D eigenvalue weighted by Gasteiger charge is 2.27. The summed E-state index contributed by atoms with van der Waals surface area (Å²) in [5.41, 5.74) is 3.81. The van der Waals surface area contributed by atoms with Gasteiger partial charge < -0.3 is 15.3 Å². The maximum Gasteiger partial charge on any atom is 0.333 e. The van der Waals surface area contributed by atoms with Gasteiger partial charge in [-0.2, -0.15) is 4.73 Å². The lowest BCUT2D eigenvalue weighted by atomic mass is 9.96. The molecule has 0 aliphatic heterocycles. The molecule has 1 amide bonds. The van der Waals surface area contributed by atoms with Crippen LogP contribution in [0.15, 0.2) is 79.1 Å². The fourth-order valence-corrected chi connectivity index (χ4v) is 3.69. The van der Waals surface area contributed by atoms with Crippen molar-refractivity contribution in [2.75, 3.05) is 7.11 Å². The number of aromatic nitrogens is 2. The molecule has 0 saturated heterocycles. The number of rotatable bonds is 5. The van der Waals surface area contributed by atoms with Crippen LogP contribution in [0.5, 0.6) is 0 Å². The van der Waals surface area contributed by atoms with Crippen molar-refractivity contribution in [1.82, 2.24) is 10.3 Å². The van der Waals surface area contributed by atoms with E-state index in [2.05, 4.69) is 5.32 Å². The number of para-hydroxylation sites is 1. The molecule has 2 aromatic carbocycles. The Morgan fingerprint density at radius 2 is 1.66 bits per heavy atom. The molecule has 2 heterocycles. The molecule has 4 aromatic rings. The van der Waals surface area contributed by atoms with Gasteiger partial charge in [0, 0.05) is 23.1 Å². The third kappa shape index (κ3) is 4.00. The average molecular weight is 427 g/mol. The van der Waals surface area contributed by atoms with Crippen molar-refractivity contribution in [3.63, 3.8) is 0 Å². The van der Waals surface area contributed by atoms with Crippen molar-refractivity contribution in [1.29, 1.82) is 0 Å². The van der Waals surface area contributed by atoms with Gasteiger partial charge in [0.2, 0.25) is 0 Å². The zero-order chi connectivity index (χ0) is 22.7. The third-order valence-corrected chi connectivity index (χ3v) is 5.28. The molecule has 0 bridgehead atoms. The van der Waals surface area contributed by atoms with E-state index in [0.29, 0.717) is 38.0 Å². The summed E-state index contributed by atoms with van der Waals surface area (Å²) < 4.78 is 5.50. The monoisotopic (exact) mass is 427 g/mol. The molecule has 0 radical (unpaired) electrons. The summed E-state index contributed by atoms with van der Waals surface area (Å²) >= 11 is 0. The van der Waals surface area contributed by atoms with E-state index in [1.54, 1.807) is 0 Å². The molecular weight excluding hydrogens is 406 g/mol. The van der Waals surface area contributed by atoms with Gasteiger partial charge in [-0.25, -0.2) is 9.78 Å². The number of carbonyl (C=O) groups excluding carboxylic acids is 2. The molecule has 0 spiro atoms. The number of fused-ring (bicyclic) bond motifs is 1. The maximum absolute atomic E-state index is 13.5. The number of ether oxygens (including phenoxy) is 1. The van der Waals surface area contributed by atoms with Crippen LogP contribution in [0.3, 0.4) is 0 Å². The molecule has 160 valence electrons. The lowest BCUT2D eigenvalue weighted by molar-refractivity contribution is -0.605. The highest BCUT2D eigenvalue weighted by atomic mass is 16.5. The number of pyridine rings is 2. The van der Waals surface area contributed by atoms with Crippen LogP contribution in [-0.4, -0.2) is 24.0 Å². The van der Waals surface area contributed by atoms with E-state index in [0.717, 1.165) is 5.56 Å². The van der Waals surface area contributed by atoms with Crippen LogP contribution in [0.1, 0.15) is 27.5 Å². The zero-order valence-corrected chi connectivity index (χ0v) is 17.6. The van der Waals surface area contributed by atoms with Gasteiger partial charge in [-0.1, -0.05) is 48.5 Å². The quantitative estimate of drug-likeness (QED) is 0.299. The molecule has 32 heavy (non-hydrogen) atoms. The van der Waals surface area contributed by atoms with Crippen LogP contribution < -0.4 is 10.0 Å². The molecule has 0 aliphatic rings. The molecule has 7 nitrogen and oxygen atoms in total. The van der Waals surface area contributed by atoms with Gasteiger partial charge in [-0.05, 0) is 24.1 Å². The lowest BCUT2D eigenvalue weighted by Crippen LogP contribution is -2.36. The minimum absolute atomic E-state index is 0.429. The van der Waals surface area contributed by atoms with Gasteiger partial charge in [0.05, 0.1) is 23.9 Å². The second-order valence-corrected chi connectivity index (χ2v) is 7.26. The SMILES string of the molecule is COC(=O)C(NC(=O)c1c(C)c(-c2ccccc2)nc2ccccc12)c1cc[n+]([O-])cc1. The number of hydrogen-bond acceptors (Lipinski definition) is 5. The predicted molar refractivity (Wildman–Crippen MR) is 120 cm³/mol. The average Bonchev–Trinajstić information content (AvgIpc) is 2.82. The molecule has 7 heteroatoms. The number of esters is 1. The second-order valence-electron chi connectivity index (χ2n) is 7.26. The molecule has 1 unspecified atom stereocenters. The summed E-state index contributed by atoms with van der Waals surface area (Å²) in [7, 11) is 1.25. The van der Waals surface area contributed by atoms with Crippen molar-refractivity contribution in [2.24, 2.45) is 0 Å². The molecule has 0 fully saturated rings. The molecule has 4 rings (SSSR count). The van der Waals surface area contributed by atoms with E-state index in [4.69, 9.17) is 9.72 Å². The number of methoxy groups -OCH3 is 1. The number of amides is 1. The van der Waals surface area contributed by atoms with Crippen LogP contribution in [0, 0.1) is 12.1 Å². The first-order valence-corrected chi connectivity index (χ1v) is 10.0. The van der Waals surface area contributed by atoms with Crippen molar-refractivity contribution >= 4 is 22.8 Å². The maximum atomic E-state index is 13.5. The lowest BCUT2D eigenvalue weighted by Gasteiger charge is -2.19. The van der Waals surface area contributed by atoms with Crippen LogP contribution in [-0.2, 0) is 9.53 Å². The normalized spacial score (nSPS) is 11.7. The molecule has 2 aromatic heterocycles. The molecule has 0 aliphatic carbocycles. The van der Waals surface area contributed by atoms with E-state index in [1.165, 1.54) is 31.6 Å². The Kier molecular flexibility index (Phi) is 5.81. The van der Waals surface area contributed by atoms with E-state index in [9.17, 15) is 14.8 Å². The van der Waals surface area contributed by atoms with E-state index < -0.39 is 17.9 Å². The van der Waals surface area contributed by atoms with E-state index in [-0.39, 0.29) is 0 Å². The molecule has 1 N–H and O–H groups in total. The van der Waals surface area contributed by atoms with Crippen LogP contribution in [0.2, 0.25) is 0 Å². The van der Waals surface area contributed by atoms with Crippen LogP contribution in [0.25, 0.3) is 22.2 Å². The van der Waals surface area contributed by atoms with E-state index >= 15 is 0 Å². The van der Waals surface area contributed by atoms with Crippen LogP contribution >= 0.6 is 0 Å². The summed E-state index contributed by atoms with van der Waals surface area (Å²) in [4.78, 5) is 30.8. The van der Waals surface area contributed by atoms with Gasteiger partial charge in [0.25, 0.3) is 5.91 Å². The van der Waals surface area contributed by atoms with Crippen molar-refractivity contribution in [2.45, 2.75) is 13.0 Å². The Bertz CT molecular complexity index is 1290. The van der Waals surface area contributed by atoms with Crippen LogP contribution in [0.4, 0.5) is 0 Å². The summed E-state index contributed by atoms with van der Waals surface area (Å²) in [5.74, 6) is -1.08. The molecular formula is C25H21N3O4. The number of nitrogens with zero attached hydrogens (tertiary/aromatic N) is 2. The predicted octanol–water partition coefficient (Wildman–Crippen LogP) is 3.49. The van der Waals surface area contributed by atoms with Gasteiger partial charge in [-0.15, -0.1) is 0 Å². The fourth-order valence-electron chi connectivity index (χ4n) is 3.69. The third-order valence-electron chi connectivity index (χ3n) is 5.28. The van der Waals surface area contributed by atoms with Gasteiger partial charge in [0.1, 0.15) is 0 Å². The second kappa shape index (κ2) is 8.85. The Morgan fingerprint density at radius 1 is 1.00 bits per heavy atom. The number of nitrogens with one attached hydrogen (secondary N) is 1. The van der Waals surface area contributed by atoms with Gasteiger partial charge >= 0.3 is 5.97 Å². The Balaban J connectivity index is 1.82. The highest BCUT2D eigenvalue weighted by molar-refractivity contribution is 6.09. The number of benzene rings is 2. The minimum atomic E-state index is -1.07. The standard InChI is InChI=1S/C25H21N3O4/c1-16-21(24(29)27-23(25(30)32-2)18-12-14-28(31)15-13-18)19-10-6-7-11-20(19)26-22(16)17-8-4-3-5-9-17/h3-15,23H,1-2H3,(H,27,29). The largest absolute Gasteiger partial charge is 0.619 e. The van der Waals surface area contributed by atoms with Crippen molar-refractivity contribution in [3.8, 4) is 11.3 Å². The Hall–Kier alpha value is -4.26. The topological polar surface area (TPSA) is 95.2 Å². The minimum Gasteiger partial charge on any atom is -0.619 e. The molecule has 1 atom stereocenters. The number of hydrogen-bond donors (Lipinski definition) is 1. The first-order chi connectivity index (χ1) is 15.5. The van der Waals surface area contributed by atoms with Gasteiger partial charge in [0.15, 0.2) is 18.4 Å². The van der Waals surface area contributed by atoms with E-state index in [1.807, 2.05) is 61.5 Å². The summed E-state index contributed by atoms with van der Waals surface area (Å²) in [6, 6.07) is 18.9. The summed E-state index contributed by atoms with van der Waals surface area (Å²) in [6.45, 7) is 1.84. The fraction of sp³-hybridized carbons (Fsp3) is 0.120. The first kappa shape index (κ1) is 21.0. The first-order valence-electron chi connectivity index (χ1n) is 10.0. The van der Waals surface area contributed by atoms with Crippen molar-refractivity contribution in [3.05, 3.63) is 101 Å². The molecule has 0 saturated carbocycles. The number of carbonyl (C=O) groups is 2. The van der Waals surface area contributed by atoms with Crippen molar-refractivity contribution < 1.29 is 19.1 Å². The summed E-state index contributed by atoms with van der Waals surface area (Å²) in [5, 5.41) is 14.9. The summed E-state index contributed by atoms with van der Waals surface area (Å²) in [6.07, 6.45) is 2.52. The van der Waals surface area contributed by atoms with Gasteiger partial charge in [-0.3, -0.25) is 4.79 Å². The zero-order valence-electron chi connectivity index (χ0n) is 17.6. The Labute approximate surface area is 184 Å².